The van der Waals surface area contributed by atoms with Crippen molar-refractivity contribution in [2.75, 3.05) is 0 Å². The molecule has 15 heavy (non-hydrogen) atoms. The Balaban J connectivity index is 2.44. The fraction of sp³-hybridized carbons (Fsp3) is 0.429. The van der Waals surface area contributed by atoms with Crippen LogP contribution in [0.1, 0.15) is 32.8 Å². The summed E-state index contributed by atoms with van der Waals surface area (Å²) in [6, 6.07) is 10.2. The van der Waals surface area contributed by atoms with Crippen molar-refractivity contribution in [2.45, 2.75) is 39.4 Å². The average molecular weight is 202 g/mol. The molecule has 0 amide bonds. The Kier molecular flexibility index (Phi) is 4.39. The van der Waals surface area contributed by atoms with Crippen LogP contribution in [0.3, 0.4) is 0 Å². The highest BCUT2D eigenvalue weighted by Gasteiger charge is 2.16. The Labute approximate surface area is 92.5 Å². The fourth-order valence-electron chi connectivity index (χ4n) is 1.21. The lowest BCUT2D eigenvalue weighted by Gasteiger charge is -2.22. The van der Waals surface area contributed by atoms with Gasteiger partial charge in [-0.3, -0.25) is 0 Å². The van der Waals surface area contributed by atoms with Gasteiger partial charge in [-0.25, -0.2) is 0 Å². The van der Waals surface area contributed by atoms with Gasteiger partial charge in [-0.05, 0) is 26.3 Å². The van der Waals surface area contributed by atoms with Crippen LogP contribution in [0.4, 0.5) is 0 Å². The molecule has 0 aromatic heterocycles. The van der Waals surface area contributed by atoms with Crippen molar-refractivity contribution < 1.29 is 4.74 Å². The SMILES string of the molecule is CC#CCC(C)(C)OCc1ccccc1. The third kappa shape index (κ3) is 4.67. The van der Waals surface area contributed by atoms with E-state index in [4.69, 9.17) is 4.74 Å². The summed E-state index contributed by atoms with van der Waals surface area (Å²) in [6.07, 6.45) is 0.774. The van der Waals surface area contributed by atoms with Gasteiger partial charge in [-0.2, -0.15) is 0 Å². The number of hydrogen-bond acceptors (Lipinski definition) is 1. The summed E-state index contributed by atoms with van der Waals surface area (Å²) in [7, 11) is 0. The van der Waals surface area contributed by atoms with Gasteiger partial charge in [-0.15, -0.1) is 11.8 Å². The van der Waals surface area contributed by atoms with Crippen molar-refractivity contribution in [1.82, 2.24) is 0 Å². The second kappa shape index (κ2) is 5.58. The molecule has 0 saturated carbocycles. The Hall–Kier alpha value is -1.26. The number of rotatable bonds is 4. The average Bonchev–Trinajstić information content (AvgIpc) is 2.25. The van der Waals surface area contributed by atoms with Crippen LogP contribution in [0.2, 0.25) is 0 Å². The molecule has 0 aliphatic rings. The van der Waals surface area contributed by atoms with Gasteiger partial charge in [-0.1, -0.05) is 30.3 Å². The smallest absolute Gasteiger partial charge is 0.0739 e. The quantitative estimate of drug-likeness (QED) is 0.680. The molecule has 1 nitrogen and oxygen atoms in total. The minimum absolute atomic E-state index is 0.168. The zero-order chi connectivity index (χ0) is 11.1. The first kappa shape index (κ1) is 11.8. The molecular formula is C14H18O. The Morgan fingerprint density at radius 1 is 1.20 bits per heavy atom. The Morgan fingerprint density at radius 3 is 2.47 bits per heavy atom. The summed E-state index contributed by atoms with van der Waals surface area (Å²) in [6.45, 7) is 6.65. The second-order valence-corrected chi connectivity index (χ2v) is 4.14. The minimum Gasteiger partial charge on any atom is -0.370 e. The van der Waals surface area contributed by atoms with E-state index in [9.17, 15) is 0 Å². The van der Waals surface area contributed by atoms with Crippen molar-refractivity contribution in [1.29, 1.82) is 0 Å². The lowest BCUT2D eigenvalue weighted by atomic mass is 10.1. The van der Waals surface area contributed by atoms with Gasteiger partial charge in [0.15, 0.2) is 0 Å². The molecule has 1 heteroatoms. The lowest BCUT2D eigenvalue weighted by Crippen LogP contribution is -2.23. The maximum Gasteiger partial charge on any atom is 0.0739 e. The van der Waals surface area contributed by atoms with Gasteiger partial charge in [0.1, 0.15) is 0 Å². The van der Waals surface area contributed by atoms with Crippen LogP contribution in [0.5, 0.6) is 0 Å². The number of benzene rings is 1. The first-order chi connectivity index (χ1) is 7.14. The highest BCUT2D eigenvalue weighted by Crippen LogP contribution is 2.16. The van der Waals surface area contributed by atoms with Crippen LogP contribution in [0, 0.1) is 11.8 Å². The van der Waals surface area contributed by atoms with Crippen LogP contribution in [0.25, 0.3) is 0 Å². The summed E-state index contributed by atoms with van der Waals surface area (Å²) in [5.74, 6) is 5.94. The summed E-state index contributed by atoms with van der Waals surface area (Å²) >= 11 is 0. The fourth-order valence-corrected chi connectivity index (χ4v) is 1.21. The topological polar surface area (TPSA) is 9.23 Å². The molecule has 0 bridgehead atoms. The molecule has 0 N–H and O–H groups in total. The number of hydrogen-bond donors (Lipinski definition) is 0. The summed E-state index contributed by atoms with van der Waals surface area (Å²) < 4.78 is 5.82. The van der Waals surface area contributed by atoms with E-state index in [0.29, 0.717) is 6.61 Å². The standard InChI is InChI=1S/C14H18O/c1-4-5-11-14(2,3)15-12-13-9-7-6-8-10-13/h6-10H,11-12H2,1-3H3. The second-order valence-electron chi connectivity index (χ2n) is 4.14. The molecule has 0 fully saturated rings. The monoisotopic (exact) mass is 202 g/mol. The molecule has 1 aromatic carbocycles. The van der Waals surface area contributed by atoms with Crippen LogP contribution < -0.4 is 0 Å². The highest BCUT2D eigenvalue weighted by atomic mass is 16.5. The molecule has 0 unspecified atom stereocenters. The van der Waals surface area contributed by atoms with E-state index < -0.39 is 0 Å². The summed E-state index contributed by atoms with van der Waals surface area (Å²) in [5, 5.41) is 0. The number of ether oxygens (including phenoxy) is 1. The molecule has 0 aliphatic carbocycles. The van der Waals surface area contributed by atoms with Gasteiger partial charge >= 0.3 is 0 Å². The van der Waals surface area contributed by atoms with Gasteiger partial charge in [0.2, 0.25) is 0 Å². The van der Waals surface area contributed by atoms with Gasteiger partial charge in [0, 0.05) is 6.42 Å². The predicted octanol–water partition coefficient (Wildman–Crippen LogP) is 3.40. The molecule has 1 aromatic rings. The van der Waals surface area contributed by atoms with Crippen molar-refractivity contribution in [2.24, 2.45) is 0 Å². The molecule has 0 atom stereocenters. The van der Waals surface area contributed by atoms with Gasteiger partial charge < -0.3 is 4.74 Å². The zero-order valence-electron chi connectivity index (χ0n) is 9.71. The van der Waals surface area contributed by atoms with Gasteiger partial charge in [0.05, 0.1) is 12.2 Å². The van der Waals surface area contributed by atoms with Gasteiger partial charge in [0.25, 0.3) is 0 Å². The summed E-state index contributed by atoms with van der Waals surface area (Å²) in [4.78, 5) is 0. The van der Waals surface area contributed by atoms with E-state index in [1.54, 1.807) is 0 Å². The lowest BCUT2D eigenvalue weighted by molar-refractivity contribution is -0.0253. The van der Waals surface area contributed by atoms with Crippen molar-refractivity contribution in [3.8, 4) is 11.8 Å². The van der Waals surface area contributed by atoms with Crippen LogP contribution in [-0.2, 0) is 11.3 Å². The minimum atomic E-state index is -0.168. The predicted molar refractivity (Wildman–Crippen MR) is 63.4 cm³/mol. The maximum atomic E-state index is 5.82. The first-order valence-corrected chi connectivity index (χ1v) is 5.21. The summed E-state index contributed by atoms with van der Waals surface area (Å²) in [5.41, 5.74) is 1.04. The molecule has 1 rings (SSSR count). The van der Waals surface area contributed by atoms with Crippen molar-refractivity contribution in [3.63, 3.8) is 0 Å². The molecule has 0 aliphatic heterocycles. The molecule has 0 radical (unpaired) electrons. The maximum absolute atomic E-state index is 5.82. The Bertz CT molecular complexity index is 341. The normalized spacial score (nSPS) is 10.6. The van der Waals surface area contributed by atoms with E-state index in [1.807, 2.05) is 25.1 Å². The molecule has 0 saturated heterocycles. The van der Waals surface area contributed by atoms with Crippen LogP contribution in [-0.4, -0.2) is 5.60 Å². The van der Waals surface area contributed by atoms with Crippen LogP contribution in [0.15, 0.2) is 30.3 Å². The Morgan fingerprint density at radius 2 is 1.87 bits per heavy atom. The van der Waals surface area contributed by atoms with E-state index in [0.717, 1.165) is 6.42 Å². The van der Waals surface area contributed by atoms with E-state index in [1.165, 1.54) is 5.56 Å². The zero-order valence-corrected chi connectivity index (χ0v) is 9.71. The van der Waals surface area contributed by atoms with Crippen molar-refractivity contribution in [3.05, 3.63) is 35.9 Å². The third-order valence-electron chi connectivity index (χ3n) is 2.16. The van der Waals surface area contributed by atoms with E-state index in [2.05, 4.69) is 37.8 Å². The molecule has 0 heterocycles. The van der Waals surface area contributed by atoms with Crippen LogP contribution >= 0.6 is 0 Å². The molecule has 0 spiro atoms. The third-order valence-corrected chi connectivity index (χ3v) is 2.16. The van der Waals surface area contributed by atoms with Crippen molar-refractivity contribution >= 4 is 0 Å². The van der Waals surface area contributed by atoms with E-state index >= 15 is 0 Å². The highest BCUT2D eigenvalue weighted by molar-refractivity contribution is 5.13. The van der Waals surface area contributed by atoms with E-state index in [-0.39, 0.29) is 5.60 Å². The molecular weight excluding hydrogens is 184 g/mol. The largest absolute Gasteiger partial charge is 0.370 e. The molecule has 80 valence electrons. The first-order valence-electron chi connectivity index (χ1n) is 5.21.